The third kappa shape index (κ3) is 3.61. The highest BCUT2D eigenvalue weighted by molar-refractivity contribution is 5.85. The number of non-ortho nitro benzene ring substituents is 1. The van der Waals surface area contributed by atoms with Crippen LogP contribution in [0.4, 0.5) is 5.69 Å². The summed E-state index contributed by atoms with van der Waals surface area (Å²) in [6.45, 7) is 0.968. The monoisotopic (exact) mass is 347 g/mol. The molecule has 0 radical (unpaired) electrons. The van der Waals surface area contributed by atoms with Crippen LogP contribution in [0, 0.1) is 10.1 Å². The van der Waals surface area contributed by atoms with Crippen molar-refractivity contribution in [3.63, 3.8) is 0 Å². The molecule has 0 spiro atoms. The van der Waals surface area contributed by atoms with Crippen molar-refractivity contribution in [1.29, 1.82) is 0 Å². The smallest absolute Gasteiger partial charge is 0.305 e. The lowest BCUT2D eigenvalue weighted by molar-refractivity contribution is -0.384. The van der Waals surface area contributed by atoms with Crippen LogP contribution in [0.1, 0.15) is 6.42 Å². The topological polar surface area (TPSA) is 115 Å². The van der Waals surface area contributed by atoms with Crippen LogP contribution >= 0.6 is 0 Å². The second kappa shape index (κ2) is 6.89. The van der Waals surface area contributed by atoms with Crippen molar-refractivity contribution in [2.75, 3.05) is 19.8 Å². The van der Waals surface area contributed by atoms with E-state index in [9.17, 15) is 19.7 Å². The number of rotatable bonds is 5. The summed E-state index contributed by atoms with van der Waals surface area (Å²) in [6.07, 6.45) is 1.53. The minimum absolute atomic E-state index is 0.00808. The summed E-state index contributed by atoms with van der Waals surface area (Å²) < 4.78 is 6.98. The third-order valence-corrected chi connectivity index (χ3v) is 4.23. The maximum atomic E-state index is 12.6. The standard InChI is InChI=1S/C16H17N3O6/c20-15(18-5-6-25-10-13(18)8-16(21)22)9-17-4-3-11-7-12(19(23)24)1-2-14(11)17/h1-4,7,13H,5-6,8-10H2,(H,21,22). The van der Waals surface area contributed by atoms with Gasteiger partial charge in [0.25, 0.3) is 5.69 Å². The first-order chi connectivity index (χ1) is 12.0. The molecule has 1 aliphatic heterocycles. The van der Waals surface area contributed by atoms with Gasteiger partial charge in [0.1, 0.15) is 6.54 Å². The summed E-state index contributed by atoms with van der Waals surface area (Å²) in [6, 6.07) is 5.68. The zero-order valence-corrected chi connectivity index (χ0v) is 13.3. The van der Waals surface area contributed by atoms with E-state index in [0.29, 0.717) is 24.1 Å². The molecule has 1 unspecified atom stereocenters. The van der Waals surface area contributed by atoms with E-state index >= 15 is 0 Å². The van der Waals surface area contributed by atoms with Crippen molar-refractivity contribution in [1.82, 2.24) is 9.47 Å². The molecule has 1 N–H and O–H groups in total. The molecule has 1 aromatic carbocycles. The normalized spacial score (nSPS) is 17.6. The van der Waals surface area contributed by atoms with Crippen molar-refractivity contribution in [3.05, 3.63) is 40.6 Å². The molecule has 3 rings (SSSR count). The van der Waals surface area contributed by atoms with Crippen LogP contribution in [0.5, 0.6) is 0 Å². The average Bonchev–Trinajstić information content (AvgIpc) is 2.97. The first kappa shape index (κ1) is 16.9. The van der Waals surface area contributed by atoms with Crippen LogP contribution in [-0.2, 0) is 20.9 Å². The maximum Gasteiger partial charge on any atom is 0.305 e. The van der Waals surface area contributed by atoms with Crippen molar-refractivity contribution >= 4 is 28.5 Å². The molecule has 25 heavy (non-hydrogen) atoms. The van der Waals surface area contributed by atoms with Crippen LogP contribution in [0.3, 0.4) is 0 Å². The number of aliphatic carboxylic acids is 1. The largest absolute Gasteiger partial charge is 0.481 e. The van der Waals surface area contributed by atoms with Crippen molar-refractivity contribution in [3.8, 4) is 0 Å². The van der Waals surface area contributed by atoms with Crippen LogP contribution in [-0.4, -0.2) is 57.2 Å². The SMILES string of the molecule is O=C(O)CC1COCCN1C(=O)Cn1ccc2cc([N+](=O)[O-])ccc21. The Balaban J connectivity index is 1.79. The van der Waals surface area contributed by atoms with Gasteiger partial charge in [-0.15, -0.1) is 0 Å². The number of nitro groups is 1. The summed E-state index contributed by atoms with van der Waals surface area (Å²) in [5.74, 6) is -1.18. The fraction of sp³-hybridized carbons (Fsp3) is 0.375. The lowest BCUT2D eigenvalue weighted by Gasteiger charge is -2.35. The third-order valence-electron chi connectivity index (χ3n) is 4.23. The van der Waals surface area contributed by atoms with E-state index < -0.39 is 16.9 Å². The Kier molecular flexibility index (Phi) is 4.66. The summed E-state index contributed by atoms with van der Waals surface area (Å²) in [7, 11) is 0. The van der Waals surface area contributed by atoms with E-state index in [2.05, 4.69) is 0 Å². The number of hydrogen-bond donors (Lipinski definition) is 1. The van der Waals surface area contributed by atoms with Gasteiger partial charge in [0.15, 0.2) is 0 Å². The second-order valence-corrected chi connectivity index (χ2v) is 5.86. The summed E-state index contributed by atoms with van der Waals surface area (Å²) in [5.41, 5.74) is 0.702. The van der Waals surface area contributed by atoms with Crippen molar-refractivity contribution < 1.29 is 24.4 Å². The lowest BCUT2D eigenvalue weighted by atomic mass is 10.1. The Bertz CT molecular complexity index is 830. The fourth-order valence-electron chi connectivity index (χ4n) is 3.03. The molecule has 0 bridgehead atoms. The van der Waals surface area contributed by atoms with Gasteiger partial charge >= 0.3 is 5.97 Å². The highest BCUT2D eigenvalue weighted by Gasteiger charge is 2.29. The summed E-state index contributed by atoms with van der Waals surface area (Å²) >= 11 is 0. The van der Waals surface area contributed by atoms with E-state index in [4.69, 9.17) is 9.84 Å². The number of carboxylic acid groups (broad SMARTS) is 1. The number of hydrogen-bond acceptors (Lipinski definition) is 5. The second-order valence-electron chi connectivity index (χ2n) is 5.86. The molecule has 9 heteroatoms. The number of fused-ring (bicyclic) bond motifs is 1. The highest BCUT2D eigenvalue weighted by Crippen LogP contribution is 2.22. The molecule has 1 aromatic heterocycles. The molecule has 0 aliphatic carbocycles. The van der Waals surface area contributed by atoms with Gasteiger partial charge in [0.2, 0.25) is 5.91 Å². The zero-order valence-electron chi connectivity index (χ0n) is 13.3. The van der Waals surface area contributed by atoms with Gasteiger partial charge in [-0.2, -0.15) is 0 Å². The Morgan fingerprint density at radius 1 is 1.36 bits per heavy atom. The molecule has 1 aliphatic rings. The first-order valence-corrected chi connectivity index (χ1v) is 7.78. The van der Waals surface area contributed by atoms with Gasteiger partial charge in [-0.1, -0.05) is 0 Å². The van der Waals surface area contributed by atoms with E-state index in [-0.39, 0.29) is 31.2 Å². The molecular weight excluding hydrogens is 330 g/mol. The number of nitro benzene ring substituents is 1. The molecule has 1 saturated heterocycles. The van der Waals surface area contributed by atoms with Crippen LogP contribution in [0.15, 0.2) is 30.5 Å². The molecule has 1 fully saturated rings. The fourth-order valence-corrected chi connectivity index (χ4v) is 3.03. The number of carboxylic acids is 1. The predicted octanol–water partition coefficient (Wildman–Crippen LogP) is 1.25. The molecule has 132 valence electrons. The number of ether oxygens (including phenoxy) is 1. The molecule has 1 atom stereocenters. The Morgan fingerprint density at radius 3 is 2.88 bits per heavy atom. The molecule has 9 nitrogen and oxygen atoms in total. The van der Waals surface area contributed by atoms with Gasteiger partial charge in [-0.3, -0.25) is 19.7 Å². The van der Waals surface area contributed by atoms with Crippen molar-refractivity contribution in [2.45, 2.75) is 19.0 Å². The van der Waals surface area contributed by atoms with Gasteiger partial charge in [0.05, 0.1) is 30.6 Å². The van der Waals surface area contributed by atoms with Gasteiger partial charge < -0.3 is 19.3 Å². The number of nitrogens with zero attached hydrogens (tertiary/aromatic N) is 3. The van der Waals surface area contributed by atoms with Crippen molar-refractivity contribution in [2.24, 2.45) is 0 Å². The average molecular weight is 347 g/mol. The number of aromatic nitrogens is 1. The summed E-state index contributed by atoms with van der Waals surface area (Å²) in [4.78, 5) is 35.5. The predicted molar refractivity (Wildman–Crippen MR) is 87.2 cm³/mol. The molecular formula is C16H17N3O6. The quantitative estimate of drug-likeness (QED) is 0.643. The minimum Gasteiger partial charge on any atom is -0.481 e. The van der Waals surface area contributed by atoms with Gasteiger partial charge in [-0.05, 0) is 12.1 Å². The molecule has 2 aromatic rings. The lowest BCUT2D eigenvalue weighted by Crippen LogP contribution is -2.50. The number of benzene rings is 1. The zero-order chi connectivity index (χ0) is 18.0. The number of morpholine rings is 1. The van der Waals surface area contributed by atoms with E-state index in [1.807, 2.05) is 0 Å². The van der Waals surface area contributed by atoms with Crippen LogP contribution < -0.4 is 0 Å². The Labute approximate surface area is 142 Å². The Morgan fingerprint density at radius 2 is 2.16 bits per heavy atom. The summed E-state index contributed by atoms with van der Waals surface area (Å²) in [5, 5.41) is 20.5. The maximum absolute atomic E-state index is 12.6. The van der Waals surface area contributed by atoms with Crippen LogP contribution in [0.25, 0.3) is 10.9 Å². The minimum atomic E-state index is -0.980. The highest BCUT2D eigenvalue weighted by atomic mass is 16.6. The molecule has 2 heterocycles. The van der Waals surface area contributed by atoms with Crippen LogP contribution in [0.2, 0.25) is 0 Å². The van der Waals surface area contributed by atoms with E-state index in [0.717, 1.165) is 0 Å². The molecule has 0 saturated carbocycles. The van der Waals surface area contributed by atoms with Gasteiger partial charge in [0, 0.05) is 35.8 Å². The van der Waals surface area contributed by atoms with Gasteiger partial charge in [-0.25, -0.2) is 0 Å². The number of amides is 1. The molecule has 1 amide bonds. The Hall–Kier alpha value is -2.94. The van der Waals surface area contributed by atoms with E-state index in [1.165, 1.54) is 17.0 Å². The van der Waals surface area contributed by atoms with E-state index in [1.54, 1.807) is 22.9 Å². The first-order valence-electron chi connectivity index (χ1n) is 7.78. The number of carbonyl (C=O) groups is 2. The number of carbonyl (C=O) groups excluding carboxylic acids is 1.